The summed E-state index contributed by atoms with van der Waals surface area (Å²) in [4.78, 5) is 0. The number of benzene rings is 4. The minimum absolute atomic E-state index is 1.34. The van der Waals surface area contributed by atoms with Crippen LogP contribution < -0.4 is 14.3 Å². The van der Waals surface area contributed by atoms with Crippen molar-refractivity contribution >= 4 is 32.7 Å². The summed E-state index contributed by atoms with van der Waals surface area (Å²) in [7, 11) is 0. The summed E-state index contributed by atoms with van der Waals surface area (Å²) < 4.78 is 6.31. The number of hydrogen-bond donors (Lipinski definition) is 0. The van der Waals surface area contributed by atoms with Crippen molar-refractivity contribution in [2.24, 2.45) is 0 Å². The van der Waals surface area contributed by atoms with Gasteiger partial charge in [0, 0.05) is 0 Å². The van der Waals surface area contributed by atoms with Gasteiger partial charge in [0.1, 0.15) is 0 Å². The molecule has 0 fully saturated rings. The van der Waals surface area contributed by atoms with Gasteiger partial charge in [-0.05, 0) is 0 Å². The second-order valence-electron chi connectivity index (χ2n) is 9.52. The molecule has 0 unspecified atom stereocenters. The van der Waals surface area contributed by atoms with E-state index in [2.05, 4.69) is 127 Å². The molecule has 0 aromatic heterocycles. The Labute approximate surface area is 198 Å². The van der Waals surface area contributed by atoms with E-state index in [1.807, 2.05) is 0 Å². The van der Waals surface area contributed by atoms with Gasteiger partial charge in [0.25, 0.3) is 0 Å². The Morgan fingerprint density at radius 1 is 0.375 bits per heavy atom. The Balaban J connectivity index is 2.33. The fraction of sp³-hybridized carbons (Fsp3) is 0.226. The zero-order valence-corrected chi connectivity index (χ0v) is 23.4. The summed E-state index contributed by atoms with van der Waals surface area (Å²) in [6.07, 6.45) is 0. The second kappa shape index (κ2) is 8.90. The van der Waals surface area contributed by atoms with E-state index in [4.69, 9.17) is 0 Å². The molecule has 4 aromatic carbocycles. The van der Waals surface area contributed by atoms with E-state index in [1.165, 1.54) is 38.9 Å². The third-order valence-electron chi connectivity index (χ3n) is 6.94. The molecule has 1 heteroatoms. The monoisotopic (exact) mass is 526 g/mol. The van der Waals surface area contributed by atoms with Gasteiger partial charge in [0.05, 0.1) is 0 Å². The minimum atomic E-state index is -3.69. The summed E-state index contributed by atoms with van der Waals surface area (Å²) in [5.74, 6) is 0. The summed E-state index contributed by atoms with van der Waals surface area (Å²) in [6.45, 7) is 16.0. The predicted molar refractivity (Wildman–Crippen MR) is 143 cm³/mol. The summed E-state index contributed by atoms with van der Waals surface area (Å²) in [5, 5.41) is 0. The van der Waals surface area contributed by atoms with Crippen molar-refractivity contribution in [3.05, 3.63) is 118 Å². The number of hydrogen-bond acceptors (Lipinski definition) is 0. The first-order valence-corrected chi connectivity index (χ1v) is 17.2. The van der Waals surface area contributed by atoms with Crippen LogP contribution in [-0.2, 0) is 0 Å². The van der Waals surface area contributed by atoms with E-state index in [-0.39, 0.29) is 0 Å². The molecule has 0 atom stereocenters. The Hall–Kier alpha value is -2.32. The van der Waals surface area contributed by atoms with Gasteiger partial charge in [-0.15, -0.1) is 0 Å². The van der Waals surface area contributed by atoms with E-state index in [0.29, 0.717) is 0 Å². The van der Waals surface area contributed by atoms with Gasteiger partial charge in [-0.1, -0.05) is 0 Å². The molecule has 4 aromatic rings. The van der Waals surface area contributed by atoms with Crippen LogP contribution in [0.1, 0.15) is 38.9 Å². The van der Waals surface area contributed by atoms with Crippen LogP contribution in [0.4, 0.5) is 0 Å². The molecule has 0 aliphatic heterocycles. The van der Waals surface area contributed by atoms with E-state index < -0.39 is 18.4 Å². The molecule has 0 saturated heterocycles. The summed E-state index contributed by atoms with van der Waals surface area (Å²) in [6, 6.07) is 30.5. The zero-order valence-electron chi connectivity index (χ0n) is 20.5. The van der Waals surface area contributed by atoms with Gasteiger partial charge >= 0.3 is 199 Å². The van der Waals surface area contributed by atoms with Gasteiger partial charge in [-0.2, -0.15) is 0 Å². The normalized spacial score (nSPS) is 11.6. The summed E-state index contributed by atoms with van der Waals surface area (Å²) in [5.41, 5.74) is 9.68. The fourth-order valence-electron chi connectivity index (χ4n) is 5.28. The zero-order chi connectivity index (χ0) is 23.0. The van der Waals surface area contributed by atoms with Crippen LogP contribution in [0, 0.1) is 48.5 Å². The third-order valence-corrected chi connectivity index (χ3v) is 22.4. The van der Waals surface area contributed by atoms with Gasteiger partial charge < -0.3 is 0 Å². The Morgan fingerprint density at radius 3 is 1.09 bits per heavy atom. The Morgan fingerprint density at radius 2 is 0.719 bits per heavy atom. The second-order valence-corrected chi connectivity index (χ2v) is 20.0. The van der Waals surface area contributed by atoms with Gasteiger partial charge in [0.2, 0.25) is 0 Å². The predicted octanol–water partition coefficient (Wildman–Crippen LogP) is 5.22. The SMILES string of the molecule is Cc1ccc(C)[c]([Sn]([c]2ccccc2C)([c]2cc(C)ccc2C)[c]2cc(C)ccc2C)c1. The first-order chi connectivity index (χ1) is 15.2. The summed E-state index contributed by atoms with van der Waals surface area (Å²) >= 11 is -3.69. The van der Waals surface area contributed by atoms with Crippen molar-refractivity contribution in [3.8, 4) is 0 Å². The first kappa shape index (κ1) is 22.9. The van der Waals surface area contributed by atoms with Crippen LogP contribution in [0.25, 0.3) is 0 Å². The maximum atomic E-state index is 2.50. The average molecular weight is 525 g/mol. The van der Waals surface area contributed by atoms with Crippen LogP contribution in [-0.4, -0.2) is 18.4 Å². The Kier molecular flexibility index (Phi) is 6.36. The van der Waals surface area contributed by atoms with Gasteiger partial charge in [-0.3, -0.25) is 0 Å². The molecule has 0 nitrogen and oxygen atoms in total. The molecule has 0 saturated carbocycles. The molecule has 0 bridgehead atoms. The van der Waals surface area contributed by atoms with Crippen molar-refractivity contribution in [2.45, 2.75) is 48.5 Å². The standard InChI is InChI=1S/3C8H9.C7H7.Sn/c3*1-7-3-5-8(2)6-4-7;1-7-5-3-2-4-6-7;/h3*3-5H,1-2H3;2-5H,1H3;. The van der Waals surface area contributed by atoms with E-state index >= 15 is 0 Å². The van der Waals surface area contributed by atoms with Crippen molar-refractivity contribution in [1.29, 1.82) is 0 Å². The average Bonchev–Trinajstić information content (AvgIpc) is 2.76. The molecule has 4 rings (SSSR count). The molecule has 162 valence electrons. The number of rotatable bonds is 4. The molecular weight excluding hydrogens is 491 g/mol. The van der Waals surface area contributed by atoms with Gasteiger partial charge in [-0.25, -0.2) is 0 Å². The molecule has 0 N–H and O–H groups in total. The van der Waals surface area contributed by atoms with E-state index in [1.54, 1.807) is 14.3 Å². The third kappa shape index (κ3) is 3.83. The van der Waals surface area contributed by atoms with Crippen molar-refractivity contribution in [2.75, 3.05) is 0 Å². The Bertz CT molecular complexity index is 1170. The molecule has 0 aliphatic carbocycles. The van der Waals surface area contributed by atoms with Crippen molar-refractivity contribution in [1.82, 2.24) is 0 Å². The quantitative estimate of drug-likeness (QED) is 0.321. The van der Waals surface area contributed by atoms with Crippen LogP contribution in [0.5, 0.6) is 0 Å². The van der Waals surface area contributed by atoms with Crippen molar-refractivity contribution in [3.63, 3.8) is 0 Å². The van der Waals surface area contributed by atoms with E-state index in [9.17, 15) is 0 Å². The molecule has 0 heterocycles. The molecular formula is C31H34Sn. The number of aryl methyl sites for hydroxylation is 7. The molecule has 0 spiro atoms. The molecule has 0 amide bonds. The van der Waals surface area contributed by atoms with Crippen molar-refractivity contribution < 1.29 is 0 Å². The molecule has 0 radical (unpaired) electrons. The van der Waals surface area contributed by atoms with Gasteiger partial charge in [0.15, 0.2) is 0 Å². The first-order valence-electron chi connectivity index (χ1n) is 11.5. The molecule has 0 aliphatic rings. The topological polar surface area (TPSA) is 0 Å². The van der Waals surface area contributed by atoms with Crippen LogP contribution in [0.3, 0.4) is 0 Å². The van der Waals surface area contributed by atoms with Crippen LogP contribution in [0.15, 0.2) is 78.9 Å². The fourth-order valence-corrected chi connectivity index (χ4v) is 22.7. The maximum absolute atomic E-state index is 3.69. The molecule has 32 heavy (non-hydrogen) atoms. The van der Waals surface area contributed by atoms with E-state index in [0.717, 1.165) is 0 Å². The van der Waals surface area contributed by atoms with Crippen LogP contribution in [0.2, 0.25) is 0 Å². The van der Waals surface area contributed by atoms with Crippen LogP contribution >= 0.6 is 0 Å².